The largest absolute Gasteiger partial charge is 0.493 e. The Hall–Kier alpha value is -2.28. The third-order valence-corrected chi connectivity index (χ3v) is 5.76. The van der Waals surface area contributed by atoms with Crippen LogP contribution in [0.15, 0.2) is 42.1 Å². The summed E-state index contributed by atoms with van der Waals surface area (Å²) in [5, 5.41) is 1.47. The van der Waals surface area contributed by atoms with Crippen molar-refractivity contribution in [1.82, 2.24) is 9.80 Å². The van der Waals surface area contributed by atoms with Gasteiger partial charge in [0.2, 0.25) is 0 Å². The first-order valence-corrected chi connectivity index (χ1v) is 10.1. The second-order valence-electron chi connectivity index (χ2n) is 6.37. The molecule has 8 heteroatoms. The van der Waals surface area contributed by atoms with Gasteiger partial charge in [-0.15, -0.1) is 0 Å². The second kappa shape index (κ2) is 9.03. The number of halogens is 2. The van der Waals surface area contributed by atoms with Crippen LogP contribution in [0.1, 0.15) is 18.1 Å². The number of rotatable bonds is 6. The van der Waals surface area contributed by atoms with Crippen LogP contribution in [-0.4, -0.2) is 41.5 Å². The molecule has 1 fully saturated rings. The molecule has 0 saturated carbocycles. The summed E-state index contributed by atoms with van der Waals surface area (Å²) >= 11 is 17.3. The van der Waals surface area contributed by atoms with Gasteiger partial charge in [0.25, 0.3) is 5.91 Å². The minimum absolute atomic E-state index is 0.112. The lowest BCUT2D eigenvalue weighted by Crippen LogP contribution is -2.30. The number of nitrogens with zero attached hydrogens (tertiary/aromatic N) is 2. The number of ether oxygens (including phenoxy) is 2. The lowest BCUT2D eigenvalue weighted by Gasteiger charge is -2.14. The molecule has 1 amide bonds. The number of likely N-dealkylation sites (N-methyl/N-ethyl adjacent to an activating group) is 2. The van der Waals surface area contributed by atoms with Crippen LogP contribution in [0.25, 0.3) is 6.08 Å². The number of methoxy groups -OCH3 is 1. The quantitative estimate of drug-likeness (QED) is 0.457. The standard InChI is InChI=1S/C21H20Cl2N2O3S/c1-4-25-20(26)17(24(2)21(25)29)10-13-6-8-18(19(11-13)27-3)28-12-14-5-7-15(22)16(23)9-14/h5-11H,4,12H2,1-3H3/b17-10-. The Morgan fingerprint density at radius 2 is 1.86 bits per heavy atom. The van der Waals surface area contributed by atoms with Crippen LogP contribution in [0.5, 0.6) is 11.5 Å². The molecule has 0 aliphatic carbocycles. The highest BCUT2D eigenvalue weighted by atomic mass is 35.5. The van der Waals surface area contributed by atoms with Crippen molar-refractivity contribution in [3.05, 3.63) is 63.3 Å². The summed E-state index contributed by atoms with van der Waals surface area (Å²) in [7, 11) is 3.35. The van der Waals surface area contributed by atoms with Gasteiger partial charge in [0.1, 0.15) is 12.3 Å². The molecule has 0 N–H and O–H groups in total. The van der Waals surface area contributed by atoms with Gasteiger partial charge in [0, 0.05) is 13.6 Å². The molecule has 5 nitrogen and oxygen atoms in total. The van der Waals surface area contributed by atoms with Gasteiger partial charge in [-0.2, -0.15) is 0 Å². The van der Waals surface area contributed by atoms with Crippen LogP contribution in [-0.2, 0) is 11.4 Å². The Balaban J connectivity index is 1.81. The van der Waals surface area contributed by atoms with Gasteiger partial charge in [0.15, 0.2) is 16.6 Å². The summed E-state index contributed by atoms with van der Waals surface area (Å²) in [6.07, 6.45) is 1.79. The highest BCUT2D eigenvalue weighted by Gasteiger charge is 2.34. The van der Waals surface area contributed by atoms with E-state index in [9.17, 15) is 4.79 Å². The molecule has 1 aliphatic heterocycles. The van der Waals surface area contributed by atoms with Crippen molar-refractivity contribution in [3.63, 3.8) is 0 Å². The summed E-state index contributed by atoms with van der Waals surface area (Å²) in [6.45, 7) is 2.74. The van der Waals surface area contributed by atoms with Gasteiger partial charge in [-0.25, -0.2) is 0 Å². The second-order valence-corrected chi connectivity index (χ2v) is 7.55. The minimum atomic E-state index is -0.112. The molecule has 2 aromatic rings. The molecule has 1 heterocycles. The molecule has 0 aromatic heterocycles. The lowest BCUT2D eigenvalue weighted by atomic mass is 10.1. The highest BCUT2D eigenvalue weighted by Crippen LogP contribution is 2.31. The fourth-order valence-corrected chi connectivity index (χ4v) is 3.56. The summed E-state index contributed by atoms with van der Waals surface area (Å²) in [4.78, 5) is 15.8. The molecule has 1 aliphatic rings. The third-order valence-electron chi connectivity index (χ3n) is 4.53. The van der Waals surface area contributed by atoms with Crippen molar-refractivity contribution in [1.29, 1.82) is 0 Å². The number of benzene rings is 2. The number of carbonyl (C=O) groups is 1. The van der Waals surface area contributed by atoms with E-state index in [1.807, 2.05) is 25.1 Å². The third kappa shape index (κ3) is 4.50. The van der Waals surface area contributed by atoms with E-state index in [1.54, 1.807) is 48.2 Å². The van der Waals surface area contributed by atoms with E-state index in [2.05, 4.69) is 0 Å². The topological polar surface area (TPSA) is 42.0 Å². The monoisotopic (exact) mass is 450 g/mol. The number of hydrogen-bond acceptors (Lipinski definition) is 4. The number of thiocarbonyl (C=S) groups is 1. The average molecular weight is 451 g/mol. The van der Waals surface area contributed by atoms with E-state index in [-0.39, 0.29) is 5.91 Å². The molecule has 0 spiro atoms. The van der Waals surface area contributed by atoms with Gasteiger partial charge in [-0.3, -0.25) is 9.69 Å². The van der Waals surface area contributed by atoms with E-state index in [0.717, 1.165) is 11.1 Å². The first-order chi connectivity index (χ1) is 13.8. The van der Waals surface area contributed by atoms with E-state index >= 15 is 0 Å². The van der Waals surface area contributed by atoms with Gasteiger partial charge in [0.05, 0.1) is 17.2 Å². The first-order valence-electron chi connectivity index (χ1n) is 8.91. The number of hydrogen-bond donors (Lipinski definition) is 0. The number of amides is 1. The predicted molar refractivity (Wildman–Crippen MR) is 120 cm³/mol. The highest BCUT2D eigenvalue weighted by molar-refractivity contribution is 7.80. The SMILES string of the molecule is CCN1C(=O)/C(=C/c2ccc(OCc3ccc(Cl)c(Cl)c3)c(OC)c2)N(C)C1=S. The summed E-state index contributed by atoms with van der Waals surface area (Å²) < 4.78 is 11.3. The zero-order chi connectivity index (χ0) is 21.1. The molecular weight excluding hydrogens is 431 g/mol. The van der Waals surface area contributed by atoms with E-state index in [0.29, 0.717) is 45.5 Å². The van der Waals surface area contributed by atoms with E-state index in [4.69, 9.17) is 44.9 Å². The minimum Gasteiger partial charge on any atom is -0.493 e. The molecule has 152 valence electrons. The van der Waals surface area contributed by atoms with Gasteiger partial charge < -0.3 is 14.4 Å². The summed E-state index contributed by atoms with van der Waals surface area (Å²) in [6, 6.07) is 10.8. The predicted octanol–water partition coefficient (Wildman–Crippen LogP) is 5.00. The van der Waals surface area contributed by atoms with Crippen molar-refractivity contribution in [2.45, 2.75) is 13.5 Å². The molecule has 0 atom stereocenters. The first kappa shape index (κ1) is 21.4. The molecule has 1 saturated heterocycles. The zero-order valence-corrected chi connectivity index (χ0v) is 18.6. The van der Waals surface area contributed by atoms with E-state index in [1.165, 1.54) is 0 Å². The fraction of sp³-hybridized carbons (Fsp3) is 0.238. The van der Waals surface area contributed by atoms with Gasteiger partial charge in [-0.05, 0) is 60.6 Å². The van der Waals surface area contributed by atoms with Gasteiger partial charge >= 0.3 is 0 Å². The van der Waals surface area contributed by atoms with Crippen molar-refractivity contribution in [2.24, 2.45) is 0 Å². The molecule has 0 bridgehead atoms. The summed E-state index contributed by atoms with van der Waals surface area (Å²) in [5.41, 5.74) is 2.21. The normalized spacial score (nSPS) is 15.4. The zero-order valence-electron chi connectivity index (χ0n) is 16.2. The molecular formula is C21H20Cl2N2O3S. The molecule has 3 rings (SSSR count). The van der Waals surface area contributed by atoms with Crippen molar-refractivity contribution in [3.8, 4) is 11.5 Å². The lowest BCUT2D eigenvalue weighted by molar-refractivity contribution is -0.122. The Morgan fingerprint density at radius 3 is 2.48 bits per heavy atom. The van der Waals surface area contributed by atoms with Crippen LogP contribution < -0.4 is 9.47 Å². The maximum atomic E-state index is 12.5. The maximum absolute atomic E-state index is 12.5. The smallest absolute Gasteiger partial charge is 0.276 e. The Labute approximate surface area is 185 Å². The summed E-state index contributed by atoms with van der Waals surface area (Å²) in [5.74, 6) is 1.03. The average Bonchev–Trinajstić information content (AvgIpc) is 2.92. The molecule has 2 aromatic carbocycles. The van der Waals surface area contributed by atoms with Crippen LogP contribution >= 0.6 is 35.4 Å². The Morgan fingerprint density at radius 1 is 1.10 bits per heavy atom. The van der Waals surface area contributed by atoms with Crippen molar-refractivity contribution < 1.29 is 14.3 Å². The van der Waals surface area contributed by atoms with E-state index < -0.39 is 0 Å². The molecule has 0 unspecified atom stereocenters. The Bertz CT molecular complexity index is 994. The van der Waals surface area contributed by atoms with Crippen molar-refractivity contribution >= 4 is 52.5 Å². The van der Waals surface area contributed by atoms with Crippen molar-refractivity contribution in [2.75, 3.05) is 20.7 Å². The molecule has 29 heavy (non-hydrogen) atoms. The van der Waals surface area contributed by atoms with Gasteiger partial charge in [-0.1, -0.05) is 35.3 Å². The van der Waals surface area contributed by atoms with Crippen LogP contribution in [0, 0.1) is 0 Å². The fourth-order valence-electron chi connectivity index (χ4n) is 2.93. The molecule has 0 radical (unpaired) electrons. The van der Waals surface area contributed by atoms with Crippen LogP contribution in [0.4, 0.5) is 0 Å². The Kier molecular flexibility index (Phi) is 6.67. The van der Waals surface area contributed by atoms with Crippen LogP contribution in [0.2, 0.25) is 10.0 Å². The number of carbonyl (C=O) groups excluding carboxylic acids is 1. The van der Waals surface area contributed by atoms with Crippen LogP contribution in [0.3, 0.4) is 0 Å². The maximum Gasteiger partial charge on any atom is 0.276 e.